The van der Waals surface area contributed by atoms with Crippen molar-refractivity contribution in [1.29, 1.82) is 0 Å². The Labute approximate surface area is 188 Å². The SMILES string of the molecule is CCCC(C)CN(Cc1cccc(Cl)c1Cl)C1CCNCC1.O=C(O)/C=C/C(=O)O. The molecule has 168 valence electrons. The second-order valence-electron chi connectivity index (χ2n) is 7.53. The minimum Gasteiger partial charge on any atom is -0.478 e. The lowest BCUT2D eigenvalue weighted by molar-refractivity contribution is -0.134. The molecule has 2 rings (SSSR count). The maximum atomic E-state index is 9.55. The molecule has 0 aliphatic carbocycles. The van der Waals surface area contributed by atoms with Crippen molar-refractivity contribution in [2.45, 2.75) is 52.1 Å². The van der Waals surface area contributed by atoms with E-state index >= 15 is 0 Å². The average molecular weight is 459 g/mol. The highest BCUT2D eigenvalue weighted by molar-refractivity contribution is 6.42. The van der Waals surface area contributed by atoms with Gasteiger partial charge in [0.1, 0.15) is 0 Å². The summed E-state index contributed by atoms with van der Waals surface area (Å²) in [4.78, 5) is 21.7. The number of hydrogen-bond acceptors (Lipinski definition) is 4. The standard InChI is InChI=1S/C18H28Cl2N2.C4H4O4/c1-3-5-14(2)12-22(16-8-10-21-11-9-16)13-15-6-4-7-17(19)18(15)20;5-3(6)1-2-4(7)8/h4,6-7,14,16,21H,3,5,8-13H2,1-2H3;1-2H,(H,5,6)(H,7,8)/b;2-1+. The normalized spacial score (nSPS) is 15.6. The molecule has 3 N–H and O–H groups in total. The molecule has 1 aliphatic heterocycles. The maximum Gasteiger partial charge on any atom is 0.328 e. The van der Waals surface area contributed by atoms with Crippen molar-refractivity contribution in [3.8, 4) is 0 Å². The molecule has 1 aliphatic rings. The zero-order valence-corrected chi connectivity index (χ0v) is 19.1. The zero-order chi connectivity index (χ0) is 22.5. The van der Waals surface area contributed by atoms with Crippen molar-refractivity contribution in [3.63, 3.8) is 0 Å². The summed E-state index contributed by atoms with van der Waals surface area (Å²) < 4.78 is 0. The quantitative estimate of drug-likeness (QED) is 0.464. The monoisotopic (exact) mass is 458 g/mol. The first-order valence-electron chi connectivity index (χ1n) is 10.3. The minimum absolute atomic E-state index is 0.558. The first-order valence-corrected chi connectivity index (χ1v) is 11.0. The number of carboxylic acids is 2. The smallest absolute Gasteiger partial charge is 0.328 e. The van der Waals surface area contributed by atoms with E-state index < -0.39 is 11.9 Å². The van der Waals surface area contributed by atoms with Crippen LogP contribution in [-0.4, -0.2) is 52.7 Å². The van der Waals surface area contributed by atoms with E-state index in [0.29, 0.717) is 28.2 Å². The zero-order valence-electron chi connectivity index (χ0n) is 17.6. The molecule has 0 bridgehead atoms. The van der Waals surface area contributed by atoms with Gasteiger partial charge >= 0.3 is 11.9 Å². The maximum absolute atomic E-state index is 9.55. The van der Waals surface area contributed by atoms with Gasteiger partial charge in [-0.15, -0.1) is 0 Å². The number of piperidine rings is 1. The van der Waals surface area contributed by atoms with Gasteiger partial charge in [0.2, 0.25) is 0 Å². The fraction of sp³-hybridized carbons (Fsp3) is 0.545. The summed E-state index contributed by atoms with van der Waals surface area (Å²) in [6.07, 6.45) is 6.09. The number of hydrogen-bond donors (Lipinski definition) is 3. The summed E-state index contributed by atoms with van der Waals surface area (Å²) in [6.45, 7) is 8.90. The van der Waals surface area contributed by atoms with Gasteiger partial charge in [-0.25, -0.2) is 9.59 Å². The summed E-state index contributed by atoms with van der Waals surface area (Å²) in [7, 11) is 0. The van der Waals surface area contributed by atoms with E-state index in [0.717, 1.165) is 37.7 Å². The van der Waals surface area contributed by atoms with Crippen LogP contribution in [0.2, 0.25) is 10.0 Å². The highest BCUT2D eigenvalue weighted by Gasteiger charge is 2.23. The lowest BCUT2D eigenvalue weighted by atomic mass is 9.99. The van der Waals surface area contributed by atoms with Gasteiger partial charge in [0.25, 0.3) is 0 Å². The number of aliphatic carboxylic acids is 2. The van der Waals surface area contributed by atoms with Crippen LogP contribution in [0, 0.1) is 5.92 Å². The van der Waals surface area contributed by atoms with Crippen LogP contribution in [0.4, 0.5) is 0 Å². The molecular weight excluding hydrogens is 427 g/mol. The second kappa shape index (κ2) is 14.4. The van der Waals surface area contributed by atoms with E-state index in [9.17, 15) is 9.59 Å². The summed E-state index contributed by atoms with van der Waals surface area (Å²) in [5.74, 6) is -1.79. The van der Waals surface area contributed by atoms with E-state index in [1.165, 1.54) is 25.7 Å². The average Bonchev–Trinajstić information content (AvgIpc) is 2.70. The fourth-order valence-electron chi connectivity index (χ4n) is 3.53. The van der Waals surface area contributed by atoms with Crippen LogP contribution < -0.4 is 5.32 Å². The van der Waals surface area contributed by atoms with Crippen LogP contribution in [-0.2, 0) is 16.1 Å². The lowest BCUT2D eigenvalue weighted by Gasteiger charge is -2.36. The van der Waals surface area contributed by atoms with Gasteiger partial charge in [-0.2, -0.15) is 0 Å². The van der Waals surface area contributed by atoms with Crippen molar-refractivity contribution < 1.29 is 19.8 Å². The molecule has 0 spiro atoms. The molecule has 0 aromatic heterocycles. The van der Waals surface area contributed by atoms with Crippen LogP contribution in [0.3, 0.4) is 0 Å². The van der Waals surface area contributed by atoms with Crippen molar-refractivity contribution in [2.24, 2.45) is 5.92 Å². The van der Waals surface area contributed by atoms with Crippen molar-refractivity contribution in [1.82, 2.24) is 10.2 Å². The molecule has 1 unspecified atom stereocenters. The molecule has 1 saturated heterocycles. The summed E-state index contributed by atoms with van der Waals surface area (Å²) >= 11 is 12.6. The van der Waals surface area contributed by atoms with Gasteiger partial charge in [0.05, 0.1) is 10.0 Å². The summed E-state index contributed by atoms with van der Waals surface area (Å²) in [6, 6.07) is 6.62. The van der Waals surface area contributed by atoms with Gasteiger partial charge in [-0.1, -0.05) is 55.6 Å². The molecule has 1 aromatic rings. The molecule has 8 heteroatoms. The van der Waals surface area contributed by atoms with Crippen molar-refractivity contribution >= 4 is 35.1 Å². The topological polar surface area (TPSA) is 89.9 Å². The number of nitrogens with zero attached hydrogens (tertiary/aromatic N) is 1. The molecular formula is C22H32Cl2N2O4. The van der Waals surface area contributed by atoms with Gasteiger partial charge in [-0.05, 0) is 49.9 Å². The third-order valence-corrected chi connectivity index (χ3v) is 5.78. The summed E-state index contributed by atoms with van der Waals surface area (Å²) in [5.41, 5.74) is 1.15. The van der Waals surface area contributed by atoms with Crippen LogP contribution in [0.5, 0.6) is 0 Å². The number of nitrogens with one attached hydrogen (secondary N) is 1. The van der Waals surface area contributed by atoms with E-state index in [1.807, 2.05) is 12.1 Å². The molecule has 0 radical (unpaired) electrons. The highest BCUT2D eigenvalue weighted by Crippen LogP contribution is 2.28. The first kappa shape index (κ1) is 26.4. The van der Waals surface area contributed by atoms with E-state index in [4.69, 9.17) is 33.4 Å². The van der Waals surface area contributed by atoms with Crippen LogP contribution in [0.1, 0.15) is 45.1 Å². The molecule has 1 aromatic carbocycles. The third-order valence-electron chi connectivity index (χ3n) is 4.93. The number of carbonyl (C=O) groups is 2. The Morgan fingerprint density at radius 3 is 2.33 bits per heavy atom. The van der Waals surface area contributed by atoms with Crippen molar-refractivity contribution in [2.75, 3.05) is 19.6 Å². The van der Waals surface area contributed by atoms with Gasteiger partial charge < -0.3 is 15.5 Å². The van der Waals surface area contributed by atoms with E-state index in [-0.39, 0.29) is 0 Å². The molecule has 0 amide bonds. The second-order valence-corrected chi connectivity index (χ2v) is 8.31. The number of rotatable bonds is 9. The summed E-state index contributed by atoms with van der Waals surface area (Å²) in [5, 5.41) is 20.5. The van der Waals surface area contributed by atoms with Gasteiger partial charge in [0.15, 0.2) is 0 Å². The molecule has 6 nitrogen and oxygen atoms in total. The highest BCUT2D eigenvalue weighted by atomic mass is 35.5. The first-order chi connectivity index (χ1) is 14.2. The van der Waals surface area contributed by atoms with Crippen molar-refractivity contribution in [3.05, 3.63) is 46.0 Å². The predicted octanol–water partition coefficient (Wildman–Crippen LogP) is 4.70. The van der Waals surface area contributed by atoms with Crippen LogP contribution >= 0.6 is 23.2 Å². The number of carboxylic acid groups (broad SMARTS) is 2. The molecule has 30 heavy (non-hydrogen) atoms. The largest absolute Gasteiger partial charge is 0.478 e. The Bertz CT molecular complexity index is 690. The lowest BCUT2D eigenvalue weighted by Crippen LogP contribution is -2.44. The Balaban J connectivity index is 0.000000479. The van der Waals surface area contributed by atoms with Crippen LogP contribution in [0.25, 0.3) is 0 Å². The number of halogens is 2. The van der Waals surface area contributed by atoms with E-state index in [1.54, 1.807) is 0 Å². The van der Waals surface area contributed by atoms with E-state index in [2.05, 4.69) is 30.1 Å². The fourth-order valence-corrected chi connectivity index (χ4v) is 3.91. The minimum atomic E-state index is -1.26. The Hall–Kier alpha value is -1.60. The molecule has 1 atom stereocenters. The molecule has 1 heterocycles. The Morgan fingerprint density at radius 1 is 1.20 bits per heavy atom. The molecule has 1 fully saturated rings. The molecule has 0 saturated carbocycles. The third kappa shape index (κ3) is 10.4. The Kier molecular flexibility index (Phi) is 12.7. The number of benzene rings is 1. The van der Waals surface area contributed by atoms with Gasteiger partial charge in [-0.3, -0.25) is 4.90 Å². The van der Waals surface area contributed by atoms with Gasteiger partial charge in [0, 0.05) is 31.3 Å². The van der Waals surface area contributed by atoms with Crippen LogP contribution in [0.15, 0.2) is 30.4 Å². The predicted molar refractivity (Wildman–Crippen MR) is 121 cm³/mol. The Morgan fingerprint density at radius 2 is 1.80 bits per heavy atom.